The normalized spacial score (nSPS) is 11.3. The average Bonchev–Trinajstić information content (AvgIpc) is 2.80. The zero-order valence-electron chi connectivity index (χ0n) is 12.0. The summed E-state index contributed by atoms with van der Waals surface area (Å²) in [5.41, 5.74) is 3.74. The van der Waals surface area contributed by atoms with E-state index in [9.17, 15) is 0 Å². The van der Waals surface area contributed by atoms with Gasteiger partial charge in [0.25, 0.3) is 0 Å². The second-order valence-electron chi connectivity index (χ2n) is 5.08. The van der Waals surface area contributed by atoms with Crippen molar-refractivity contribution in [2.24, 2.45) is 0 Å². The molecular weight excluding hydrogens is 252 g/mol. The molecule has 0 aliphatic rings. The molecule has 0 radical (unpaired) electrons. The first kappa shape index (κ1) is 14.4. The molecular formula is C16H24N2S. The fourth-order valence-corrected chi connectivity index (χ4v) is 2.75. The molecule has 1 heterocycles. The minimum Gasteiger partial charge on any atom is -0.327 e. The molecule has 2 nitrogen and oxygen atoms in total. The third-order valence-electron chi connectivity index (χ3n) is 3.68. The van der Waals surface area contributed by atoms with Gasteiger partial charge in [-0.05, 0) is 30.5 Å². The second kappa shape index (κ2) is 6.99. The Bertz CT molecular complexity index is 531. The molecule has 0 atom stereocenters. The van der Waals surface area contributed by atoms with Crippen molar-refractivity contribution in [3.05, 3.63) is 29.6 Å². The Kier molecular flexibility index (Phi) is 5.32. The van der Waals surface area contributed by atoms with E-state index in [0.717, 1.165) is 24.3 Å². The van der Waals surface area contributed by atoms with Gasteiger partial charge in [-0.2, -0.15) is 12.6 Å². The van der Waals surface area contributed by atoms with Gasteiger partial charge in [0.05, 0.1) is 11.0 Å². The molecule has 0 N–H and O–H groups in total. The summed E-state index contributed by atoms with van der Waals surface area (Å²) >= 11 is 4.42. The number of imidazole rings is 1. The predicted octanol–water partition coefficient (Wildman–Crippen LogP) is 4.61. The number of nitrogens with zero attached hydrogens (tertiary/aromatic N) is 2. The van der Waals surface area contributed by atoms with Crippen LogP contribution < -0.4 is 0 Å². The Labute approximate surface area is 121 Å². The maximum atomic E-state index is 4.73. The lowest BCUT2D eigenvalue weighted by Gasteiger charge is -2.07. The van der Waals surface area contributed by atoms with Crippen LogP contribution in [-0.2, 0) is 18.7 Å². The number of aromatic nitrogens is 2. The van der Waals surface area contributed by atoms with Gasteiger partial charge in [0.15, 0.2) is 0 Å². The number of unbranched alkanes of at least 4 members (excludes halogenated alkanes) is 3. The lowest BCUT2D eigenvalue weighted by Crippen LogP contribution is -2.02. The molecule has 0 unspecified atom stereocenters. The van der Waals surface area contributed by atoms with Gasteiger partial charge in [0.2, 0.25) is 0 Å². The van der Waals surface area contributed by atoms with Crippen molar-refractivity contribution >= 4 is 23.7 Å². The molecule has 3 heteroatoms. The zero-order valence-corrected chi connectivity index (χ0v) is 12.9. The summed E-state index contributed by atoms with van der Waals surface area (Å²) in [6, 6.07) is 6.65. The van der Waals surface area contributed by atoms with Gasteiger partial charge < -0.3 is 4.57 Å². The summed E-state index contributed by atoms with van der Waals surface area (Å²) < 4.78 is 2.34. The number of hydrogen-bond donors (Lipinski definition) is 1. The molecule has 0 bridgehead atoms. The highest BCUT2D eigenvalue weighted by Gasteiger charge is 2.09. The molecule has 2 aromatic rings. The summed E-state index contributed by atoms with van der Waals surface area (Å²) in [7, 11) is 0. The number of aryl methyl sites for hydroxylation is 2. The van der Waals surface area contributed by atoms with E-state index in [-0.39, 0.29) is 0 Å². The van der Waals surface area contributed by atoms with Gasteiger partial charge in [0, 0.05) is 12.3 Å². The highest BCUT2D eigenvalue weighted by atomic mass is 32.1. The van der Waals surface area contributed by atoms with Gasteiger partial charge >= 0.3 is 0 Å². The molecule has 0 amide bonds. The molecule has 0 aliphatic heterocycles. The van der Waals surface area contributed by atoms with E-state index in [1.54, 1.807) is 0 Å². The topological polar surface area (TPSA) is 17.8 Å². The van der Waals surface area contributed by atoms with Crippen LogP contribution >= 0.6 is 12.6 Å². The third-order valence-corrected chi connectivity index (χ3v) is 3.96. The summed E-state index contributed by atoms with van der Waals surface area (Å²) in [5, 5.41) is 0. The van der Waals surface area contributed by atoms with Crippen molar-refractivity contribution in [2.75, 3.05) is 0 Å². The molecule has 0 spiro atoms. The van der Waals surface area contributed by atoms with Gasteiger partial charge in [-0.3, -0.25) is 0 Å². The molecule has 2 rings (SSSR count). The van der Waals surface area contributed by atoms with E-state index < -0.39 is 0 Å². The van der Waals surface area contributed by atoms with E-state index in [4.69, 9.17) is 4.98 Å². The van der Waals surface area contributed by atoms with E-state index >= 15 is 0 Å². The highest BCUT2D eigenvalue weighted by molar-refractivity contribution is 7.79. The lowest BCUT2D eigenvalue weighted by atomic mass is 10.1. The summed E-state index contributed by atoms with van der Waals surface area (Å²) in [6.07, 6.45) is 6.20. The number of thiol groups is 1. The van der Waals surface area contributed by atoms with Crippen LogP contribution in [0.25, 0.3) is 11.0 Å². The van der Waals surface area contributed by atoms with E-state index in [1.807, 2.05) is 0 Å². The third kappa shape index (κ3) is 3.33. The molecule has 19 heavy (non-hydrogen) atoms. The second-order valence-corrected chi connectivity index (χ2v) is 5.39. The highest BCUT2D eigenvalue weighted by Crippen LogP contribution is 2.20. The van der Waals surface area contributed by atoms with Crippen LogP contribution in [0.3, 0.4) is 0 Å². The minimum absolute atomic E-state index is 0.712. The molecule has 104 valence electrons. The minimum atomic E-state index is 0.712. The van der Waals surface area contributed by atoms with Gasteiger partial charge in [-0.25, -0.2) is 4.98 Å². The van der Waals surface area contributed by atoms with Crippen molar-refractivity contribution in [3.63, 3.8) is 0 Å². The molecule has 0 aliphatic carbocycles. The van der Waals surface area contributed by atoms with Gasteiger partial charge in [0.1, 0.15) is 5.82 Å². The maximum Gasteiger partial charge on any atom is 0.119 e. The van der Waals surface area contributed by atoms with Gasteiger partial charge in [-0.1, -0.05) is 39.2 Å². The Morgan fingerprint density at radius 2 is 2.00 bits per heavy atom. The molecule has 0 fully saturated rings. The predicted molar refractivity (Wildman–Crippen MR) is 85.9 cm³/mol. The number of benzene rings is 1. The fourth-order valence-electron chi connectivity index (χ4n) is 2.51. The Morgan fingerprint density at radius 1 is 1.16 bits per heavy atom. The fraction of sp³-hybridized carbons (Fsp3) is 0.562. The molecule has 0 saturated heterocycles. The number of hydrogen-bond acceptors (Lipinski definition) is 2. The first-order chi connectivity index (χ1) is 9.30. The van der Waals surface area contributed by atoms with Crippen LogP contribution in [0, 0.1) is 0 Å². The Morgan fingerprint density at radius 3 is 2.68 bits per heavy atom. The van der Waals surface area contributed by atoms with Gasteiger partial charge in [-0.15, -0.1) is 0 Å². The first-order valence-corrected chi connectivity index (χ1v) is 8.02. The van der Waals surface area contributed by atoms with Crippen molar-refractivity contribution in [2.45, 2.75) is 58.2 Å². The lowest BCUT2D eigenvalue weighted by molar-refractivity contribution is 0.581. The van der Waals surface area contributed by atoms with Crippen LogP contribution in [0.4, 0.5) is 0 Å². The van der Waals surface area contributed by atoms with Crippen LogP contribution in [-0.4, -0.2) is 9.55 Å². The standard InChI is InChI=1S/C16H24N2S/c1-3-5-6-7-10-18-15-9-8-13(4-2)11-14(15)17-16(18)12-19/h8-9,11,19H,3-7,10,12H2,1-2H3. The smallest absolute Gasteiger partial charge is 0.119 e. The van der Waals surface area contributed by atoms with E-state index in [0.29, 0.717) is 5.75 Å². The van der Waals surface area contributed by atoms with Crippen LogP contribution in [0.5, 0.6) is 0 Å². The van der Waals surface area contributed by atoms with Crippen LogP contribution in [0.15, 0.2) is 18.2 Å². The number of rotatable bonds is 7. The van der Waals surface area contributed by atoms with E-state index in [1.165, 1.54) is 36.8 Å². The first-order valence-electron chi connectivity index (χ1n) is 7.39. The van der Waals surface area contributed by atoms with Crippen molar-refractivity contribution in [1.29, 1.82) is 0 Å². The Balaban J connectivity index is 2.24. The average molecular weight is 276 g/mol. The molecule has 1 aromatic carbocycles. The zero-order chi connectivity index (χ0) is 13.7. The monoisotopic (exact) mass is 276 g/mol. The molecule has 0 saturated carbocycles. The largest absolute Gasteiger partial charge is 0.327 e. The van der Waals surface area contributed by atoms with Crippen LogP contribution in [0.1, 0.15) is 50.9 Å². The summed E-state index contributed by atoms with van der Waals surface area (Å²) in [4.78, 5) is 4.73. The quantitative estimate of drug-likeness (QED) is 0.577. The maximum absolute atomic E-state index is 4.73. The van der Waals surface area contributed by atoms with Crippen molar-refractivity contribution in [3.8, 4) is 0 Å². The number of fused-ring (bicyclic) bond motifs is 1. The molecule has 1 aromatic heterocycles. The summed E-state index contributed by atoms with van der Waals surface area (Å²) in [5.74, 6) is 1.81. The van der Waals surface area contributed by atoms with Crippen LogP contribution in [0.2, 0.25) is 0 Å². The van der Waals surface area contributed by atoms with Crippen molar-refractivity contribution in [1.82, 2.24) is 9.55 Å². The van der Waals surface area contributed by atoms with Crippen molar-refractivity contribution < 1.29 is 0 Å². The van der Waals surface area contributed by atoms with E-state index in [2.05, 4.69) is 49.2 Å². The Hall–Kier alpha value is -0.960. The SMILES string of the molecule is CCCCCCn1c(CS)nc2cc(CC)ccc21. The summed E-state index contributed by atoms with van der Waals surface area (Å²) in [6.45, 7) is 5.50.